The van der Waals surface area contributed by atoms with E-state index in [9.17, 15) is 9.50 Å². The molecule has 2 heterocycles. The third-order valence-electron chi connectivity index (χ3n) is 3.26. The zero-order valence-electron chi connectivity index (χ0n) is 9.75. The summed E-state index contributed by atoms with van der Waals surface area (Å²) < 4.78 is 12.8. The highest BCUT2D eigenvalue weighted by molar-refractivity contribution is 5.46. The fourth-order valence-electron chi connectivity index (χ4n) is 2.23. The fraction of sp³-hybridized carbons (Fsp3) is 0.214. The molecule has 0 bridgehead atoms. The number of hydrogen-bond donors (Lipinski definition) is 1. The molecule has 1 aliphatic rings. The third-order valence-corrected chi connectivity index (χ3v) is 3.26. The molecule has 1 saturated heterocycles. The van der Waals surface area contributed by atoms with Crippen molar-refractivity contribution >= 4 is 5.82 Å². The van der Waals surface area contributed by atoms with Crippen LogP contribution in [0.3, 0.4) is 0 Å². The van der Waals surface area contributed by atoms with E-state index in [1.54, 1.807) is 18.3 Å². The minimum atomic E-state index is -0.898. The molecule has 0 amide bonds. The smallest absolute Gasteiger partial charge is 0.128 e. The Hall–Kier alpha value is -1.94. The van der Waals surface area contributed by atoms with Gasteiger partial charge < -0.3 is 10.0 Å². The molecule has 0 unspecified atom stereocenters. The maximum Gasteiger partial charge on any atom is 0.128 e. The van der Waals surface area contributed by atoms with Crippen LogP contribution in [0.2, 0.25) is 0 Å². The molecule has 1 aliphatic heterocycles. The molecule has 92 valence electrons. The largest absolute Gasteiger partial charge is 0.381 e. The van der Waals surface area contributed by atoms with Crippen LogP contribution in [-0.2, 0) is 5.60 Å². The van der Waals surface area contributed by atoms with Crippen LogP contribution in [0, 0.1) is 5.82 Å². The van der Waals surface area contributed by atoms with Crippen molar-refractivity contribution in [3.8, 4) is 0 Å². The lowest BCUT2D eigenvalue weighted by Gasteiger charge is -2.47. The predicted octanol–water partition coefficient (Wildman–Crippen LogP) is 1.93. The highest BCUT2D eigenvalue weighted by atomic mass is 19.1. The average Bonchev–Trinajstić information content (AvgIpc) is 2.37. The molecule has 1 aromatic carbocycles. The summed E-state index contributed by atoms with van der Waals surface area (Å²) in [5.41, 5.74) is -0.151. The molecular formula is C14H13FN2O. The van der Waals surface area contributed by atoms with E-state index in [0.717, 1.165) is 11.4 Å². The van der Waals surface area contributed by atoms with Crippen molar-refractivity contribution in [3.63, 3.8) is 0 Å². The molecule has 0 radical (unpaired) electrons. The minimum absolute atomic E-state index is 0.289. The monoisotopic (exact) mass is 244 g/mol. The van der Waals surface area contributed by atoms with E-state index in [2.05, 4.69) is 4.98 Å². The number of pyridine rings is 1. The van der Waals surface area contributed by atoms with E-state index in [4.69, 9.17) is 0 Å². The van der Waals surface area contributed by atoms with Gasteiger partial charge in [-0.3, -0.25) is 0 Å². The first-order valence-electron chi connectivity index (χ1n) is 5.82. The maximum atomic E-state index is 12.8. The van der Waals surface area contributed by atoms with Crippen LogP contribution >= 0.6 is 0 Å². The van der Waals surface area contributed by atoms with Crippen LogP contribution in [0.5, 0.6) is 0 Å². The number of aromatic nitrogens is 1. The van der Waals surface area contributed by atoms with Gasteiger partial charge in [0.05, 0.1) is 13.1 Å². The Bertz CT molecular complexity index is 535. The Morgan fingerprint density at radius 2 is 1.83 bits per heavy atom. The normalized spacial score (nSPS) is 17.3. The van der Waals surface area contributed by atoms with Crippen molar-refractivity contribution < 1.29 is 9.50 Å². The first kappa shape index (κ1) is 11.2. The van der Waals surface area contributed by atoms with Crippen molar-refractivity contribution in [1.29, 1.82) is 0 Å². The third kappa shape index (κ3) is 1.84. The van der Waals surface area contributed by atoms with Crippen molar-refractivity contribution in [2.24, 2.45) is 0 Å². The summed E-state index contributed by atoms with van der Waals surface area (Å²) in [5, 5.41) is 10.4. The minimum Gasteiger partial charge on any atom is -0.381 e. The lowest BCUT2D eigenvalue weighted by atomic mass is 9.86. The lowest BCUT2D eigenvalue weighted by molar-refractivity contribution is 0.00701. The van der Waals surface area contributed by atoms with Crippen molar-refractivity contribution in [2.45, 2.75) is 5.60 Å². The summed E-state index contributed by atoms with van der Waals surface area (Å²) in [7, 11) is 0. The summed E-state index contributed by atoms with van der Waals surface area (Å²) in [5.74, 6) is 0.563. The Kier molecular flexibility index (Phi) is 2.52. The van der Waals surface area contributed by atoms with Crippen LogP contribution in [0.15, 0.2) is 48.7 Å². The topological polar surface area (TPSA) is 36.4 Å². The number of aliphatic hydroxyl groups is 1. The van der Waals surface area contributed by atoms with Crippen LogP contribution < -0.4 is 4.90 Å². The number of anilines is 1. The van der Waals surface area contributed by atoms with E-state index >= 15 is 0 Å². The average molecular weight is 244 g/mol. The van der Waals surface area contributed by atoms with Crippen molar-refractivity contribution in [3.05, 3.63) is 60.0 Å². The van der Waals surface area contributed by atoms with Gasteiger partial charge in [-0.05, 0) is 29.8 Å². The second kappa shape index (κ2) is 4.07. The molecule has 1 N–H and O–H groups in total. The first-order chi connectivity index (χ1) is 8.67. The predicted molar refractivity (Wildman–Crippen MR) is 66.7 cm³/mol. The molecule has 1 aromatic heterocycles. The fourth-order valence-corrected chi connectivity index (χ4v) is 2.23. The molecule has 0 spiro atoms. The van der Waals surface area contributed by atoms with E-state index in [0.29, 0.717) is 13.1 Å². The van der Waals surface area contributed by atoms with Crippen LogP contribution in [0.25, 0.3) is 0 Å². The second-order valence-electron chi connectivity index (χ2n) is 4.58. The first-order valence-corrected chi connectivity index (χ1v) is 5.82. The summed E-state index contributed by atoms with van der Waals surface area (Å²) >= 11 is 0. The molecule has 0 saturated carbocycles. The number of hydrogen-bond acceptors (Lipinski definition) is 3. The number of halogens is 1. The zero-order chi connectivity index (χ0) is 12.6. The molecular weight excluding hydrogens is 231 g/mol. The number of rotatable bonds is 2. The van der Waals surface area contributed by atoms with Gasteiger partial charge in [0, 0.05) is 6.20 Å². The summed E-state index contributed by atoms with van der Waals surface area (Å²) in [4.78, 5) is 6.22. The van der Waals surface area contributed by atoms with Gasteiger partial charge in [0.1, 0.15) is 17.2 Å². The maximum absolute atomic E-state index is 12.8. The Labute approximate surface area is 105 Å². The van der Waals surface area contributed by atoms with E-state index in [1.807, 2.05) is 23.1 Å². The van der Waals surface area contributed by atoms with Crippen molar-refractivity contribution in [1.82, 2.24) is 4.98 Å². The number of nitrogens with zero attached hydrogens (tertiary/aromatic N) is 2. The second-order valence-corrected chi connectivity index (χ2v) is 4.58. The van der Waals surface area contributed by atoms with Crippen LogP contribution in [0.1, 0.15) is 5.56 Å². The number of benzene rings is 1. The molecule has 1 fully saturated rings. The number of β-amino-alcohol motifs (C(OH)–C–C–N with tert-alkyl or cyclic N) is 1. The van der Waals surface area contributed by atoms with E-state index in [-0.39, 0.29) is 5.82 Å². The van der Waals surface area contributed by atoms with Crippen molar-refractivity contribution in [2.75, 3.05) is 18.0 Å². The van der Waals surface area contributed by atoms with Gasteiger partial charge >= 0.3 is 0 Å². The lowest BCUT2D eigenvalue weighted by Crippen LogP contribution is -2.59. The van der Waals surface area contributed by atoms with Gasteiger partial charge in [0.25, 0.3) is 0 Å². The van der Waals surface area contributed by atoms with E-state index < -0.39 is 5.60 Å². The van der Waals surface area contributed by atoms with Gasteiger partial charge in [-0.25, -0.2) is 9.37 Å². The Morgan fingerprint density at radius 1 is 1.11 bits per heavy atom. The molecule has 2 aromatic rings. The highest BCUT2D eigenvalue weighted by Gasteiger charge is 2.43. The Balaban J connectivity index is 1.76. The standard InChI is InChI=1S/C14H13FN2O/c15-12-6-4-11(5-7-12)14(18)9-17(10-14)13-3-1-2-8-16-13/h1-8,18H,9-10H2. The molecule has 0 aliphatic carbocycles. The van der Waals surface area contributed by atoms with Crippen LogP contribution in [-0.4, -0.2) is 23.2 Å². The molecule has 0 atom stereocenters. The molecule has 18 heavy (non-hydrogen) atoms. The van der Waals surface area contributed by atoms with Gasteiger partial charge in [0.2, 0.25) is 0 Å². The molecule has 4 heteroatoms. The van der Waals surface area contributed by atoms with Crippen LogP contribution in [0.4, 0.5) is 10.2 Å². The molecule has 3 rings (SSSR count). The molecule has 3 nitrogen and oxygen atoms in total. The Morgan fingerprint density at radius 3 is 2.44 bits per heavy atom. The summed E-state index contributed by atoms with van der Waals surface area (Å²) in [6.45, 7) is 0.964. The van der Waals surface area contributed by atoms with E-state index in [1.165, 1.54) is 12.1 Å². The summed E-state index contributed by atoms with van der Waals surface area (Å²) in [6, 6.07) is 11.7. The summed E-state index contributed by atoms with van der Waals surface area (Å²) in [6.07, 6.45) is 1.73. The van der Waals surface area contributed by atoms with Gasteiger partial charge in [-0.15, -0.1) is 0 Å². The SMILES string of the molecule is OC1(c2ccc(F)cc2)CN(c2ccccn2)C1. The van der Waals surface area contributed by atoms with Gasteiger partial charge in [0.15, 0.2) is 0 Å². The zero-order valence-corrected chi connectivity index (χ0v) is 9.75. The highest BCUT2D eigenvalue weighted by Crippen LogP contribution is 2.34. The quantitative estimate of drug-likeness (QED) is 0.877. The van der Waals surface area contributed by atoms with Gasteiger partial charge in [-0.2, -0.15) is 0 Å². The van der Waals surface area contributed by atoms with Gasteiger partial charge in [-0.1, -0.05) is 18.2 Å².